The number of benzene rings is 1. The zero-order valence-corrected chi connectivity index (χ0v) is 13.4. The standard InChI is InChI=1S/C16H19N3O2S/c1-11(17-2)10-18-15(20)12-5-7-13(8-6-12)19-16(21)14-4-3-9-22-14/h3-9,11,17H,10H2,1-2H3,(H,18,20)(H,19,21). The highest BCUT2D eigenvalue weighted by molar-refractivity contribution is 7.12. The van der Waals surface area contributed by atoms with E-state index in [9.17, 15) is 9.59 Å². The van der Waals surface area contributed by atoms with E-state index in [1.54, 1.807) is 30.3 Å². The largest absolute Gasteiger partial charge is 0.350 e. The predicted molar refractivity (Wildman–Crippen MR) is 89.6 cm³/mol. The Hall–Kier alpha value is -2.18. The molecular weight excluding hydrogens is 298 g/mol. The minimum absolute atomic E-state index is 0.127. The summed E-state index contributed by atoms with van der Waals surface area (Å²) in [4.78, 5) is 24.5. The first kappa shape index (κ1) is 16.2. The van der Waals surface area contributed by atoms with Crippen LogP contribution in [0.4, 0.5) is 5.69 Å². The fourth-order valence-corrected chi connectivity index (χ4v) is 2.37. The third-order valence-corrected chi connectivity index (χ3v) is 4.08. The van der Waals surface area contributed by atoms with E-state index in [4.69, 9.17) is 0 Å². The highest BCUT2D eigenvalue weighted by Crippen LogP contribution is 2.14. The molecule has 1 aromatic heterocycles. The lowest BCUT2D eigenvalue weighted by Crippen LogP contribution is -2.37. The topological polar surface area (TPSA) is 70.2 Å². The molecule has 5 nitrogen and oxygen atoms in total. The first-order valence-electron chi connectivity index (χ1n) is 7.00. The molecule has 2 aromatic rings. The van der Waals surface area contributed by atoms with Crippen LogP contribution in [0, 0.1) is 0 Å². The summed E-state index contributed by atoms with van der Waals surface area (Å²) in [5.74, 6) is -0.270. The number of likely N-dealkylation sites (N-methyl/N-ethyl adjacent to an activating group) is 1. The monoisotopic (exact) mass is 317 g/mol. The first-order chi connectivity index (χ1) is 10.6. The minimum atomic E-state index is -0.143. The van der Waals surface area contributed by atoms with Crippen molar-refractivity contribution in [2.24, 2.45) is 0 Å². The molecule has 0 aliphatic rings. The van der Waals surface area contributed by atoms with Crippen molar-refractivity contribution < 1.29 is 9.59 Å². The first-order valence-corrected chi connectivity index (χ1v) is 7.88. The Morgan fingerprint density at radius 2 is 1.86 bits per heavy atom. The van der Waals surface area contributed by atoms with Crippen LogP contribution in [0.3, 0.4) is 0 Å². The molecule has 2 rings (SSSR count). The van der Waals surface area contributed by atoms with Crippen LogP contribution < -0.4 is 16.0 Å². The van der Waals surface area contributed by atoms with E-state index >= 15 is 0 Å². The Kier molecular flexibility index (Phi) is 5.68. The van der Waals surface area contributed by atoms with Crippen LogP contribution in [0.5, 0.6) is 0 Å². The number of hydrogen-bond acceptors (Lipinski definition) is 4. The zero-order chi connectivity index (χ0) is 15.9. The molecule has 0 fully saturated rings. The van der Waals surface area contributed by atoms with Gasteiger partial charge in [0.25, 0.3) is 11.8 Å². The quantitative estimate of drug-likeness (QED) is 0.766. The summed E-state index contributed by atoms with van der Waals surface area (Å²) in [6.45, 7) is 2.55. The molecule has 0 spiro atoms. The van der Waals surface area contributed by atoms with E-state index < -0.39 is 0 Å². The third kappa shape index (κ3) is 4.41. The van der Waals surface area contributed by atoms with Gasteiger partial charge in [-0.2, -0.15) is 0 Å². The Morgan fingerprint density at radius 1 is 1.14 bits per heavy atom. The third-order valence-electron chi connectivity index (χ3n) is 3.21. The normalized spacial score (nSPS) is 11.7. The number of thiophene rings is 1. The van der Waals surface area contributed by atoms with Crippen molar-refractivity contribution in [2.75, 3.05) is 18.9 Å². The molecule has 0 radical (unpaired) electrons. The molecule has 2 amide bonds. The van der Waals surface area contributed by atoms with E-state index in [1.807, 2.05) is 25.4 Å². The van der Waals surface area contributed by atoms with Gasteiger partial charge in [0.1, 0.15) is 0 Å². The number of anilines is 1. The van der Waals surface area contributed by atoms with Crippen LogP contribution in [0.1, 0.15) is 27.0 Å². The van der Waals surface area contributed by atoms with Gasteiger partial charge in [0.15, 0.2) is 0 Å². The Labute approximate surface area is 133 Å². The van der Waals surface area contributed by atoms with Gasteiger partial charge in [0.05, 0.1) is 4.88 Å². The number of carbonyl (C=O) groups excluding carboxylic acids is 2. The van der Waals surface area contributed by atoms with E-state index in [2.05, 4.69) is 16.0 Å². The summed E-state index contributed by atoms with van der Waals surface area (Å²) in [6, 6.07) is 10.7. The van der Waals surface area contributed by atoms with Gasteiger partial charge in [-0.1, -0.05) is 6.07 Å². The average molecular weight is 317 g/mol. The summed E-state index contributed by atoms with van der Waals surface area (Å²) in [5.41, 5.74) is 1.23. The molecule has 0 bridgehead atoms. The van der Waals surface area contributed by atoms with Gasteiger partial charge in [-0.05, 0) is 49.7 Å². The minimum Gasteiger partial charge on any atom is -0.350 e. The van der Waals surface area contributed by atoms with Crippen molar-refractivity contribution in [3.8, 4) is 0 Å². The number of amides is 2. The maximum atomic E-state index is 12.0. The molecule has 1 unspecified atom stereocenters. The maximum Gasteiger partial charge on any atom is 0.265 e. The molecule has 1 aromatic carbocycles. The summed E-state index contributed by atoms with van der Waals surface area (Å²) < 4.78 is 0. The lowest BCUT2D eigenvalue weighted by atomic mass is 10.2. The molecule has 0 aliphatic carbocycles. The number of rotatable bonds is 6. The van der Waals surface area contributed by atoms with Gasteiger partial charge in [-0.3, -0.25) is 9.59 Å². The van der Waals surface area contributed by atoms with Crippen molar-refractivity contribution >= 4 is 28.8 Å². The Balaban J connectivity index is 1.92. The second-order valence-electron chi connectivity index (χ2n) is 4.91. The van der Waals surface area contributed by atoms with Crippen molar-refractivity contribution in [3.63, 3.8) is 0 Å². The van der Waals surface area contributed by atoms with E-state index in [0.29, 0.717) is 22.7 Å². The van der Waals surface area contributed by atoms with Gasteiger partial charge >= 0.3 is 0 Å². The van der Waals surface area contributed by atoms with Gasteiger partial charge < -0.3 is 16.0 Å². The number of carbonyl (C=O) groups is 2. The highest BCUT2D eigenvalue weighted by Gasteiger charge is 2.09. The van der Waals surface area contributed by atoms with Crippen molar-refractivity contribution in [1.29, 1.82) is 0 Å². The highest BCUT2D eigenvalue weighted by atomic mass is 32.1. The molecule has 116 valence electrons. The summed E-state index contributed by atoms with van der Waals surface area (Å²) in [6.07, 6.45) is 0. The van der Waals surface area contributed by atoms with Crippen LogP contribution in [0.15, 0.2) is 41.8 Å². The second-order valence-corrected chi connectivity index (χ2v) is 5.86. The summed E-state index contributed by atoms with van der Waals surface area (Å²) in [7, 11) is 1.85. The average Bonchev–Trinajstić information content (AvgIpc) is 3.07. The zero-order valence-electron chi connectivity index (χ0n) is 12.6. The fourth-order valence-electron chi connectivity index (χ4n) is 1.76. The summed E-state index contributed by atoms with van der Waals surface area (Å²) >= 11 is 1.39. The molecule has 6 heteroatoms. The van der Waals surface area contributed by atoms with Crippen LogP contribution >= 0.6 is 11.3 Å². The fraction of sp³-hybridized carbons (Fsp3) is 0.250. The van der Waals surface area contributed by atoms with E-state index in [-0.39, 0.29) is 17.9 Å². The number of nitrogens with one attached hydrogen (secondary N) is 3. The number of hydrogen-bond donors (Lipinski definition) is 3. The van der Waals surface area contributed by atoms with Gasteiger partial charge in [0, 0.05) is 23.8 Å². The molecule has 22 heavy (non-hydrogen) atoms. The molecule has 3 N–H and O–H groups in total. The van der Waals surface area contributed by atoms with Gasteiger partial charge in [-0.25, -0.2) is 0 Å². The SMILES string of the molecule is CNC(C)CNC(=O)c1ccc(NC(=O)c2cccs2)cc1. The van der Waals surface area contributed by atoms with Crippen LogP contribution in [0.2, 0.25) is 0 Å². The lowest BCUT2D eigenvalue weighted by Gasteiger charge is -2.11. The summed E-state index contributed by atoms with van der Waals surface area (Å²) in [5, 5.41) is 10.6. The molecule has 1 atom stereocenters. The van der Waals surface area contributed by atoms with Crippen LogP contribution in [-0.4, -0.2) is 31.4 Å². The van der Waals surface area contributed by atoms with E-state index in [0.717, 1.165) is 0 Å². The van der Waals surface area contributed by atoms with Crippen molar-refractivity contribution in [2.45, 2.75) is 13.0 Å². The molecule has 0 aliphatic heterocycles. The van der Waals surface area contributed by atoms with Crippen molar-refractivity contribution in [1.82, 2.24) is 10.6 Å². The smallest absolute Gasteiger partial charge is 0.265 e. The maximum absolute atomic E-state index is 12.0. The Morgan fingerprint density at radius 3 is 2.45 bits per heavy atom. The van der Waals surface area contributed by atoms with Crippen molar-refractivity contribution in [3.05, 3.63) is 52.2 Å². The lowest BCUT2D eigenvalue weighted by molar-refractivity contribution is 0.0950. The van der Waals surface area contributed by atoms with Crippen LogP contribution in [0.25, 0.3) is 0 Å². The van der Waals surface area contributed by atoms with Gasteiger partial charge in [-0.15, -0.1) is 11.3 Å². The second kappa shape index (κ2) is 7.72. The van der Waals surface area contributed by atoms with Crippen LogP contribution in [-0.2, 0) is 0 Å². The predicted octanol–water partition coefficient (Wildman–Crippen LogP) is 2.34. The molecule has 1 heterocycles. The molecule has 0 saturated carbocycles. The van der Waals surface area contributed by atoms with Gasteiger partial charge in [0.2, 0.25) is 0 Å². The Bertz CT molecular complexity index is 623. The molecule has 0 saturated heterocycles. The van der Waals surface area contributed by atoms with E-state index in [1.165, 1.54) is 11.3 Å². The molecular formula is C16H19N3O2S.